The van der Waals surface area contributed by atoms with Crippen molar-refractivity contribution in [1.82, 2.24) is 0 Å². The van der Waals surface area contributed by atoms with Crippen LogP contribution in [0.15, 0.2) is 24.3 Å². The van der Waals surface area contributed by atoms with Crippen LogP contribution in [0.3, 0.4) is 0 Å². The first kappa shape index (κ1) is 12.9. The minimum atomic E-state index is -4.40. The van der Waals surface area contributed by atoms with Crippen molar-refractivity contribution in [2.24, 2.45) is 0 Å². The van der Waals surface area contributed by atoms with Gasteiger partial charge in [-0.1, -0.05) is 12.0 Å². The van der Waals surface area contributed by atoms with Gasteiger partial charge in [0.1, 0.15) is 0 Å². The average Bonchev–Trinajstić information content (AvgIpc) is 2.23. The quantitative estimate of drug-likeness (QED) is 0.783. The zero-order valence-corrected chi connectivity index (χ0v) is 8.51. The van der Waals surface area contributed by atoms with Crippen LogP contribution in [0.4, 0.5) is 18.9 Å². The van der Waals surface area contributed by atoms with E-state index in [0.29, 0.717) is 0 Å². The Kier molecular flexibility index (Phi) is 3.99. The maximum atomic E-state index is 12.3. The Morgan fingerprint density at radius 1 is 1.41 bits per heavy atom. The average molecular weight is 243 g/mol. The molecule has 6 heteroatoms. The van der Waals surface area contributed by atoms with Gasteiger partial charge >= 0.3 is 12.1 Å². The minimum absolute atomic E-state index is 0.0341. The summed E-state index contributed by atoms with van der Waals surface area (Å²) in [5.74, 6) is 2.81. The normalized spacial score (nSPS) is 10.3. The van der Waals surface area contributed by atoms with Gasteiger partial charge in [0, 0.05) is 11.6 Å². The summed E-state index contributed by atoms with van der Waals surface area (Å²) in [6, 6.07) is 4.59. The molecular formula is C11H8F3NO2. The van der Waals surface area contributed by atoms with E-state index in [-0.39, 0.29) is 12.2 Å². The molecule has 0 bridgehead atoms. The van der Waals surface area contributed by atoms with Crippen molar-refractivity contribution in [2.75, 3.05) is 11.9 Å². The molecular weight excluding hydrogens is 235 g/mol. The van der Waals surface area contributed by atoms with Gasteiger partial charge in [-0.25, -0.2) is 4.79 Å². The predicted octanol–water partition coefficient (Wildman–Crippen LogP) is 2.21. The zero-order valence-electron chi connectivity index (χ0n) is 8.51. The third-order valence-electron chi connectivity index (χ3n) is 1.77. The highest BCUT2D eigenvalue weighted by Crippen LogP contribution is 2.30. The first-order valence-corrected chi connectivity index (χ1v) is 4.52. The Hall–Kier alpha value is -2.16. The molecule has 0 amide bonds. The lowest BCUT2D eigenvalue weighted by atomic mass is 10.2. The molecule has 0 heterocycles. The highest BCUT2D eigenvalue weighted by atomic mass is 19.4. The molecule has 90 valence electrons. The van der Waals surface area contributed by atoms with Gasteiger partial charge in [0.15, 0.2) is 0 Å². The van der Waals surface area contributed by atoms with Crippen molar-refractivity contribution in [1.29, 1.82) is 0 Å². The smallest absolute Gasteiger partial charge is 0.416 e. The minimum Gasteiger partial charge on any atom is -0.472 e. The fourth-order valence-corrected chi connectivity index (χ4v) is 1.07. The number of aliphatic carboxylic acids is 1. The largest absolute Gasteiger partial charge is 0.472 e. The van der Waals surface area contributed by atoms with E-state index in [9.17, 15) is 18.0 Å². The molecule has 0 spiro atoms. The number of carboxylic acid groups (broad SMARTS) is 1. The molecule has 0 aliphatic carbocycles. The number of alkyl halides is 3. The third kappa shape index (κ3) is 4.47. The fraction of sp³-hybridized carbons (Fsp3) is 0.182. The van der Waals surface area contributed by atoms with E-state index in [1.54, 1.807) is 0 Å². The first-order chi connectivity index (χ1) is 7.89. The standard InChI is InChI=1S/C11H8F3NO2/c12-11(13,14)8-3-1-4-9(7-8)15-6-2-5-10(16)17/h1,3-4,7,15H,6H2,(H,16,17). The second-order valence-corrected chi connectivity index (χ2v) is 3.04. The van der Waals surface area contributed by atoms with Gasteiger partial charge in [0.05, 0.1) is 12.1 Å². The Bertz CT molecular complexity index is 472. The van der Waals surface area contributed by atoms with Gasteiger partial charge in [-0.3, -0.25) is 0 Å². The molecule has 0 saturated heterocycles. The molecule has 0 saturated carbocycles. The summed E-state index contributed by atoms with van der Waals surface area (Å²) in [6.45, 7) is -0.0341. The predicted molar refractivity (Wildman–Crippen MR) is 55.3 cm³/mol. The molecule has 2 N–H and O–H groups in total. The number of carbonyl (C=O) groups is 1. The Labute approximate surface area is 95.3 Å². The van der Waals surface area contributed by atoms with Crippen LogP contribution in [0, 0.1) is 11.8 Å². The molecule has 17 heavy (non-hydrogen) atoms. The van der Waals surface area contributed by atoms with Gasteiger partial charge in [-0.2, -0.15) is 13.2 Å². The topological polar surface area (TPSA) is 49.3 Å². The summed E-state index contributed by atoms with van der Waals surface area (Å²) < 4.78 is 37.0. The van der Waals surface area contributed by atoms with Gasteiger partial charge in [-0.15, -0.1) is 0 Å². The molecule has 0 unspecified atom stereocenters. The number of nitrogens with one attached hydrogen (secondary N) is 1. The van der Waals surface area contributed by atoms with Crippen LogP contribution >= 0.6 is 0 Å². The summed E-state index contributed by atoms with van der Waals surface area (Å²) in [7, 11) is 0. The molecule has 1 aromatic rings. The van der Waals surface area contributed by atoms with Crippen LogP contribution in [-0.2, 0) is 11.0 Å². The van der Waals surface area contributed by atoms with E-state index >= 15 is 0 Å². The summed E-state index contributed by atoms with van der Waals surface area (Å²) >= 11 is 0. The molecule has 0 aromatic heterocycles. The number of anilines is 1. The molecule has 0 aliphatic rings. The SMILES string of the molecule is O=C(O)C#CCNc1cccc(C(F)(F)F)c1. The van der Waals surface area contributed by atoms with Crippen LogP contribution in [0.25, 0.3) is 0 Å². The zero-order chi connectivity index (χ0) is 12.9. The lowest BCUT2D eigenvalue weighted by Gasteiger charge is -2.08. The monoisotopic (exact) mass is 243 g/mol. The summed E-state index contributed by atoms with van der Waals surface area (Å²) in [6.07, 6.45) is -4.40. The van der Waals surface area contributed by atoms with Crippen LogP contribution in [0.1, 0.15) is 5.56 Å². The van der Waals surface area contributed by atoms with Gasteiger partial charge in [0.2, 0.25) is 0 Å². The maximum absolute atomic E-state index is 12.3. The van der Waals surface area contributed by atoms with Gasteiger partial charge in [-0.05, 0) is 18.2 Å². The van der Waals surface area contributed by atoms with Crippen LogP contribution < -0.4 is 5.32 Å². The number of hydrogen-bond donors (Lipinski definition) is 2. The molecule has 0 fully saturated rings. The van der Waals surface area contributed by atoms with E-state index in [1.165, 1.54) is 12.1 Å². The second-order valence-electron chi connectivity index (χ2n) is 3.04. The van der Waals surface area contributed by atoms with Gasteiger partial charge in [0.25, 0.3) is 0 Å². The van der Waals surface area contributed by atoms with Crippen molar-refractivity contribution < 1.29 is 23.1 Å². The van der Waals surface area contributed by atoms with E-state index in [0.717, 1.165) is 12.1 Å². The molecule has 0 aliphatic heterocycles. The number of rotatable bonds is 2. The summed E-state index contributed by atoms with van der Waals surface area (Å²) in [5, 5.41) is 10.8. The lowest BCUT2D eigenvalue weighted by Crippen LogP contribution is -2.06. The number of carboxylic acids is 1. The summed E-state index contributed by atoms with van der Waals surface area (Å²) in [5.41, 5.74) is -0.534. The van der Waals surface area contributed by atoms with Crippen molar-refractivity contribution in [3.63, 3.8) is 0 Å². The molecule has 1 rings (SSSR count). The van der Waals surface area contributed by atoms with E-state index < -0.39 is 17.7 Å². The van der Waals surface area contributed by atoms with Crippen molar-refractivity contribution in [2.45, 2.75) is 6.18 Å². The van der Waals surface area contributed by atoms with E-state index in [1.807, 2.05) is 5.92 Å². The van der Waals surface area contributed by atoms with Crippen LogP contribution in [-0.4, -0.2) is 17.6 Å². The Morgan fingerprint density at radius 3 is 2.71 bits per heavy atom. The highest BCUT2D eigenvalue weighted by molar-refractivity contribution is 5.86. The third-order valence-corrected chi connectivity index (χ3v) is 1.77. The number of hydrogen-bond acceptors (Lipinski definition) is 2. The highest BCUT2D eigenvalue weighted by Gasteiger charge is 2.30. The van der Waals surface area contributed by atoms with Crippen molar-refractivity contribution >= 4 is 11.7 Å². The maximum Gasteiger partial charge on any atom is 0.416 e. The molecule has 3 nitrogen and oxygen atoms in total. The van der Waals surface area contributed by atoms with Crippen molar-refractivity contribution in [3.8, 4) is 11.8 Å². The van der Waals surface area contributed by atoms with E-state index in [2.05, 4.69) is 11.2 Å². The Morgan fingerprint density at radius 2 is 2.12 bits per heavy atom. The van der Waals surface area contributed by atoms with Crippen LogP contribution in [0.2, 0.25) is 0 Å². The number of halogens is 3. The number of benzene rings is 1. The summed E-state index contributed by atoms with van der Waals surface area (Å²) in [4.78, 5) is 10.0. The first-order valence-electron chi connectivity index (χ1n) is 4.52. The lowest BCUT2D eigenvalue weighted by molar-refractivity contribution is -0.137. The molecule has 0 atom stereocenters. The van der Waals surface area contributed by atoms with Crippen LogP contribution in [0.5, 0.6) is 0 Å². The van der Waals surface area contributed by atoms with Gasteiger partial charge < -0.3 is 10.4 Å². The molecule has 0 radical (unpaired) electrons. The van der Waals surface area contributed by atoms with Crippen molar-refractivity contribution in [3.05, 3.63) is 29.8 Å². The molecule has 1 aromatic carbocycles. The fourth-order valence-electron chi connectivity index (χ4n) is 1.07. The second kappa shape index (κ2) is 5.25. The Balaban J connectivity index is 2.68. The van der Waals surface area contributed by atoms with E-state index in [4.69, 9.17) is 5.11 Å².